The molecule has 3 aromatic rings. The van der Waals surface area contributed by atoms with Gasteiger partial charge in [0.2, 0.25) is 0 Å². The van der Waals surface area contributed by atoms with Crippen molar-refractivity contribution in [2.75, 3.05) is 24.5 Å². The molecule has 1 atom stereocenters. The lowest BCUT2D eigenvalue weighted by Gasteiger charge is -2.41. The molecule has 0 aliphatic carbocycles. The predicted molar refractivity (Wildman–Crippen MR) is 118 cm³/mol. The first kappa shape index (κ1) is 20.2. The van der Waals surface area contributed by atoms with Crippen LogP contribution in [0.15, 0.2) is 42.9 Å². The molecule has 0 bridgehead atoms. The molecule has 1 aliphatic heterocycles. The number of amides is 1. The van der Waals surface area contributed by atoms with Gasteiger partial charge >= 0.3 is 6.09 Å². The van der Waals surface area contributed by atoms with Gasteiger partial charge in [-0.25, -0.2) is 14.8 Å². The van der Waals surface area contributed by atoms with Crippen LogP contribution in [0.25, 0.3) is 16.7 Å². The molecule has 1 fully saturated rings. The normalized spacial score (nSPS) is 17.4. The molecule has 3 heterocycles. The predicted octanol–water partition coefficient (Wildman–Crippen LogP) is 4.17. The zero-order chi connectivity index (χ0) is 21.5. The van der Waals surface area contributed by atoms with E-state index in [9.17, 15) is 4.79 Å². The van der Waals surface area contributed by atoms with Crippen molar-refractivity contribution in [3.05, 3.63) is 48.4 Å². The van der Waals surface area contributed by atoms with Crippen LogP contribution in [-0.2, 0) is 4.74 Å². The molecule has 2 aromatic heterocycles. The van der Waals surface area contributed by atoms with Crippen LogP contribution >= 0.6 is 0 Å². The standard InChI is InChI=1S/C23H29N5O2/c1-16-13-28(18-9-7-6-8-10-18)21-19(16)20(24-15-25-21)27-12-11-26(14-17(27)2)22(29)30-23(3,4)5/h6-10,13,15,17H,11-12,14H2,1-5H3/t17-/m0/s1. The molecule has 30 heavy (non-hydrogen) atoms. The number of nitrogens with zero attached hydrogens (tertiary/aromatic N) is 5. The molecule has 7 nitrogen and oxygen atoms in total. The van der Waals surface area contributed by atoms with Crippen LogP contribution in [0.5, 0.6) is 0 Å². The third-order valence-corrected chi connectivity index (χ3v) is 5.34. The minimum absolute atomic E-state index is 0.115. The minimum atomic E-state index is -0.492. The second kappa shape index (κ2) is 7.63. The second-order valence-corrected chi connectivity index (χ2v) is 8.88. The van der Waals surface area contributed by atoms with Crippen molar-refractivity contribution in [3.63, 3.8) is 0 Å². The first-order valence-electron chi connectivity index (χ1n) is 10.4. The van der Waals surface area contributed by atoms with Gasteiger partial charge in [-0.1, -0.05) is 18.2 Å². The van der Waals surface area contributed by atoms with E-state index in [1.165, 1.54) is 0 Å². The molecule has 0 radical (unpaired) electrons. The van der Waals surface area contributed by atoms with Crippen LogP contribution in [0.4, 0.5) is 10.6 Å². The molecule has 0 unspecified atom stereocenters. The average Bonchev–Trinajstić information content (AvgIpc) is 3.04. The largest absolute Gasteiger partial charge is 0.444 e. The van der Waals surface area contributed by atoms with E-state index < -0.39 is 5.60 Å². The third-order valence-electron chi connectivity index (χ3n) is 5.34. The maximum absolute atomic E-state index is 12.5. The van der Waals surface area contributed by atoms with E-state index in [1.807, 2.05) is 39.0 Å². The zero-order valence-electron chi connectivity index (χ0n) is 18.3. The van der Waals surface area contributed by atoms with E-state index in [2.05, 4.69) is 51.6 Å². The Kier molecular flexibility index (Phi) is 5.13. The maximum atomic E-state index is 12.5. The van der Waals surface area contributed by atoms with Crippen molar-refractivity contribution < 1.29 is 9.53 Å². The van der Waals surface area contributed by atoms with E-state index in [0.717, 1.165) is 28.1 Å². The molecular formula is C23H29N5O2. The smallest absolute Gasteiger partial charge is 0.410 e. The van der Waals surface area contributed by atoms with Crippen LogP contribution in [0.3, 0.4) is 0 Å². The molecule has 1 aliphatic rings. The summed E-state index contributed by atoms with van der Waals surface area (Å²) in [6.07, 6.45) is 3.48. The second-order valence-electron chi connectivity index (χ2n) is 8.88. The van der Waals surface area contributed by atoms with Crippen LogP contribution in [0, 0.1) is 6.92 Å². The Hall–Kier alpha value is -3.09. The van der Waals surface area contributed by atoms with E-state index in [1.54, 1.807) is 11.2 Å². The maximum Gasteiger partial charge on any atom is 0.410 e. The molecule has 0 saturated carbocycles. The van der Waals surface area contributed by atoms with E-state index in [0.29, 0.717) is 19.6 Å². The molecular weight excluding hydrogens is 378 g/mol. The van der Waals surface area contributed by atoms with Gasteiger partial charge in [0.1, 0.15) is 23.4 Å². The van der Waals surface area contributed by atoms with Crippen molar-refractivity contribution in [2.24, 2.45) is 0 Å². The number of piperazine rings is 1. The molecule has 7 heteroatoms. The van der Waals surface area contributed by atoms with Crippen molar-refractivity contribution in [1.29, 1.82) is 0 Å². The van der Waals surface area contributed by atoms with Gasteiger partial charge in [-0.15, -0.1) is 0 Å². The fraction of sp³-hybridized carbons (Fsp3) is 0.435. The molecule has 158 valence electrons. The van der Waals surface area contributed by atoms with Crippen molar-refractivity contribution in [3.8, 4) is 5.69 Å². The summed E-state index contributed by atoms with van der Waals surface area (Å²) in [7, 11) is 0. The van der Waals surface area contributed by atoms with Crippen LogP contribution in [0.2, 0.25) is 0 Å². The van der Waals surface area contributed by atoms with Crippen LogP contribution < -0.4 is 4.90 Å². The van der Waals surface area contributed by atoms with Gasteiger partial charge in [-0.2, -0.15) is 0 Å². The third kappa shape index (κ3) is 3.84. The highest BCUT2D eigenvalue weighted by Gasteiger charge is 2.31. The first-order valence-corrected chi connectivity index (χ1v) is 10.4. The topological polar surface area (TPSA) is 63.5 Å². The number of aromatic nitrogens is 3. The number of carbonyl (C=O) groups is 1. The van der Waals surface area contributed by atoms with E-state index >= 15 is 0 Å². The highest BCUT2D eigenvalue weighted by molar-refractivity contribution is 5.92. The van der Waals surface area contributed by atoms with Gasteiger partial charge in [-0.05, 0) is 52.3 Å². The van der Waals surface area contributed by atoms with E-state index in [4.69, 9.17) is 4.74 Å². The SMILES string of the molecule is Cc1cn(-c2ccccc2)c2ncnc(N3CCN(C(=O)OC(C)(C)C)C[C@@H]3C)c12. The summed E-state index contributed by atoms with van der Waals surface area (Å²) in [5, 5.41) is 1.05. The van der Waals surface area contributed by atoms with Gasteiger partial charge in [-0.3, -0.25) is 0 Å². The number of hydrogen-bond acceptors (Lipinski definition) is 5. The molecule has 1 aromatic carbocycles. The fourth-order valence-electron chi connectivity index (χ4n) is 3.99. The van der Waals surface area contributed by atoms with Gasteiger partial charge < -0.3 is 19.1 Å². The lowest BCUT2D eigenvalue weighted by Crippen LogP contribution is -2.54. The fourth-order valence-corrected chi connectivity index (χ4v) is 3.99. The first-order chi connectivity index (χ1) is 14.2. The molecule has 1 saturated heterocycles. The summed E-state index contributed by atoms with van der Waals surface area (Å²) in [6, 6.07) is 10.3. The Morgan fingerprint density at radius 2 is 1.87 bits per heavy atom. The Labute approximate surface area is 177 Å². The number of para-hydroxylation sites is 1. The quantitative estimate of drug-likeness (QED) is 0.638. The average molecular weight is 408 g/mol. The number of anilines is 1. The van der Waals surface area contributed by atoms with Crippen molar-refractivity contribution in [1.82, 2.24) is 19.4 Å². The lowest BCUT2D eigenvalue weighted by atomic mass is 10.1. The highest BCUT2D eigenvalue weighted by atomic mass is 16.6. The summed E-state index contributed by atoms with van der Waals surface area (Å²) >= 11 is 0. The molecule has 0 N–H and O–H groups in total. The summed E-state index contributed by atoms with van der Waals surface area (Å²) in [5.41, 5.74) is 2.60. The number of rotatable bonds is 2. The number of aryl methyl sites for hydroxylation is 1. The number of benzene rings is 1. The molecule has 0 spiro atoms. The number of ether oxygens (including phenoxy) is 1. The highest BCUT2D eigenvalue weighted by Crippen LogP contribution is 2.32. The lowest BCUT2D eigenvalue weighted by molar-refractivity contribution is 0.0218. The Morgan fingerprint density at radius 1 is 1.13 bits per heavy atom. The summed E-state index contributed by atoms with van der Waals surface area (Å²) in [5.74, 6) is 0.920. The van der Waals surface area contributed by atoms with E-state index in [-0.39, 0.29) is 12.1 Å². The van der Waals surface area contributed by atoms with Crippen molar-refractivity contribution >= 4 is 22.9 Å². The van der Waals surface area contributed by atoms with Gasteiger partial charge in [0, 0.05) is 37.6 Å². The van der Waals surface area contributed by atoms with Crippen molar-refractivity contribution in [2.45, 2.75) is 46.3 Å². The number of fused-ring (bicyclic) bond motifs is 1. The minimum Gasteiger partial charge on any atom is -0.444 e. The molecule has 4 rings (SSSR count). The summed E-state index contributed by atoms with van der Waals surface area (Å²) in [4.78, 5) is 25.8. The Morgan fingerprint density at radius 3 is 2.53 bits per heavy atom. The summed E-state index contributed by atoms with van der Waals surface area (Å²) < 4.78 is 7.66. The van der Waals surface area contributed by atoms with Crippen LogP contribution in [0.1, 0.15) is 33.3 Å². The van der Waals surface area contributed by atoms with Gasteiger partial charge in [0.05, 0.1) is 5.39 Å². The molecule has 1 amide bonds. The Balaban J connectivity index is 1.63. The van der Waals surface area contributed by atoms with Crippen LogP contribution in [-0.4, -0.2) is 56.8 Å². The Bertz CT molecular complexity index is 1050. The van der Waals surface area contributed by atoms with Gasteiger partial charge in [0.25, 0.3) is 0 Å². The number of hydrogen-bond donors (Lipinski definition) is 0. The zero-order valence-corrected chi connectivity index (χ0v) is 18.3. The monoisotopic (exact) mass is 407 g/mol. The number of carbonyl (C=O) groups excluding carboxylic acids is 1. The van der Waals surface area contributed by atoms with Gasteiger partial charge in [0.15, 0.2) is 0 Å². The summed E-state index contributed by atoms with van der Waals surface area (Å²) in [6.45, 7) is 11.8.